The van der Waals surface area contributed by atoms with E-state index < -0.39 is 17.3 Å². The lowest BCUT2D eigenvalue weighted by atomic mass is 10.1. The highest BCUT2D eigenvalue weighted by Crippen LogP contribution is 2.33. The first-order valence-electron chi connectivity index (χ1n) is 10.5. The van der Waals surface area contributed by atoms with Gasteiger partial charge in [-0.15, -0.1) is 11.3 Å². The van der Waals surface area contributed by atoms with Gasteiger partial charge in [0, 0.05) is 30.0 Å². The van der Waals surface area contributed by atoms with E-state index in [1.807, 2.05) is 32.2 Å². The number of para-hydroxylation sites is 1. The van der Waals surface area contributed by atoms with Crippen LogP contribution in [0.2, 0.25) is 5.02 Å². The van der Waals surface area contributed by atoms with Gasteiger partial charge in [0.25, 0.3) is 11.5 Å². The summed E-state index contributed by atoms with van der Waals surface area (Å²) in [6.45, 7) is 2.52. The summed E-state index contributed by atoms with van der Waals surface area (Å²) >= 11 is 7.68. The van der Waals surface area contributed by atoms with E-state index in [9.17, 15) is 14.0 Å². The van der Waals surface area contributed by atoms with E-state index in [1.165, 1.54) is 47.9 Å². The van der Waals surface area contributed by atoms with Crippen molar-refractivity contribution in [2.75, 3.05) is 7.05 Å². The van der Waals surface area contributed by atoms with E-state index in [4.69, 9.17) is 11.6 Å². The molecule has 4 rings (SSSR count). The summed E-state index contributed by atoms with van der Waals surface area (Å²) < 4.78 is 15.3. The van der Waals surface area contributed by atoms with E-state index >= 15 is 0 Å². The highest BCUT2D eigenvalue weighted by Gasteiger charge is 2.18. The Kier molecular flexibility index (Phi) is 7.21. The molecule has 1 atom stereocenters. The van der Waals surface area contributed by atoms with Crippen molar-refractivity contribution in [2.45, 2.75) is 19.5 Å². The molecule has 34 heavy (non-hydrogen) atoms. The highest BCUT2D eigenvalue weighted by molar-refractivity contribution is 7.15. The smallest absolute Gasteiger partial charge is 0.255 e. The monoisotopic (exact) mass is 496 g/mol. The van der Waals surface area contributed by atoms with Crippen LogP contribution in [0.15, 0.2) is 71.8 Å². The van der Waals surface area contributed by atoms with Gasteiger partial charge in [-0.05, 0) is 55.4 Å². The summed E-state index contributed by atoms with van der Waals surface area (Å²) in [7, 11) is 1.88. The van der Waals surface area contributed by atoms with Crippen molar-refractivity contribution in [3.63, 3.8) is 0 Å². The Hall–Kier alpha value is -3.33. The van der Waals surface area contributed by atoms with Crippen molar-refractivity contribution in [1.29, 1.82) is 0 Å². The van der Waals surface area contributed by atoms with Crippen LogP contribution in [0.1, 0.15) is 33.9 Å². The van der Waals surface area contributed by atoms with Crippen molar-refractivity contribution >= 4 is 28.8 Å². The maximum absolute atomic E-state index is 14.2. The van der Waals surface area contributed by atoms with Crippen LogP contribution in [0.4, 0.5) is 4.39 Å². The van der Waals surface area contributed by atoms with Crippen molar-refractivity contribution in [3.05, 3.63) is 104 Å². The van der Waals surface area contributed by atoms with Crippen LogP contribution in [0.5, 0.6) is 0 Å². The topological polar surface area (TPSA) is 76.0 Å². The van der Waals surface area contributed by atoms with E-state index in [2.05, 4.69) is 15.6 Å². The van der Waals surface area contributed by atoms with Crippen molar-refractivity contribution in [2.24, 2.45) is 0 Å². The number of carbonyl (C=O) groups is 1. The third-order valence-electron chi connectivity index (χ3n) is 5.23. The summed E-state index contributed by atoms with van der Waals surface area (Å²) in [6.07, 6.45) is 3.11. The molecule has 0 fully saturated rings. The highest BCUT2D eigenvalue weighted by atomic mass is 35.5. The van der Waals surface area contributed by atoms with Crippen LogP contribution in [-0.2, 0) is 6.54 Å². The van der Waals surface area contributed by atoms with Crippen molar-refractivity contribution in [3.8, 4) is 16.1 Å². The number of benzene rings is 2. The third kappa shape index (κ3) is 5.09. The first kappa shape index (κ1) is 23.8. The molecule has 0 aliphatic carbocycles. The van der Waals surface area contributed by atoms with Gasteiger partial charge in [-0.25, -0.2) is 9.37 Å². The molecule has 0 saturated carbocycles. The van der Waals surface area contributed by atoms with Crippen LogP contribution >= 0.6 is 22.9 Å². The molecule has 0 bridgehead atoms. The van der Waals surface area contributed by atoms with Gasteiger partial charge >= 0.3 is 0 Å². The van der Waals surface area contributed by atoms with E-state index in [0.29, 0.717) is 11.6 Å². The second kappa shape index (κ2) is 10.3. The minimum Gasteiger partial charge on any atom is -0.343 e. The number of rotatable bonds is 7. The Labute approximate surface area is 205 Å². The van der Waals surface area contributed by atoms with Gasteiger partial charge in [-0.2, -0.15) is 0 Å². The lowest BCUT2D eigenvalue weighted by molar-refractivity contribution is 0.0939. The second-order valence-corrected chi connectivity index (χ2v) is 9.17. The first-order valence-corrected chi connectivity index (χ1v) is 11.7. The Balaban J connectivity index is 1.55. The van der Waals surface area contributed by atoms with Crippen LogP contribution in [-0.4, -0.2) is 22.5 Å². The number of pyridine rings is 1. The fourth-order valence-electron chi connectivity index (χ4n) is 3.53. The van der Waals surface area contributed by atoms with Gasteiger partial charge in [0.2, 0.25) is 0 Å². The molecule has 1 amide bonds. The van der Waals surface area contributed by atoms with Gasteiger partial charge in [-0.3, -0.25) is 14.2 Å². The Morgan fingerprint density at radius 1 is 1.21 bits per heavy atom. The standard InChI is InChI=1S/C25H22ClFN4O2S/c1-15(25-29-13-22(34-25)19-11-18(26)9-7-16(19)12-28-2)30-24(33)17-8-10-23(32)31(14-17)21-6-4-3-5-20(21)27/h3-11,13-15,28H,12H2,1-2H3,(H,30,33)/t15-/m1/s1. The zero-order valence-corrected chi connectivity index (χ0v) is 20.1. The number of hydrogen-bond donors (Lipinski definition) is 2. The lowest BCUT2D eigenvalue weighted by Gasteiger charge is -2.13. The molecule has 6 nitrogen and oxygen atoms in total. The van der Waals surface area contributed by atoms with E-state index in [1.54, 1.807) is 12.3 Å². The third-order valence-corrected chi connectivity index (χ3v) is 6.68. The summed E-state index contributed by atoms with van der Waals surface area (Å²) in [6, 6.07) is 13.9. The van der Waals surface area contributed by atoms with Crippen LogP contribution in [0, 0.1) is 5.82 Å². The molecule has 0 aliphatic rings. The predicted octanol–water partition coefficient (Wildman–Crippen LogP) is 4.96. The largest absolute Gasteiger partial charge is 0.343 e. The number of nitrogens with one attached hydrogen (secondary N) is 2. The van der Waals surface area contributed by atoms with Gasteiger partial charge < -0.3 is 10.6 Å². The van der Waals surface area contributed by atoms with Gasteiger partial charge in [0.05, 0.1) is 22.2 Å². The van der Waals surface area contributed by atoms with Crippen LogP contribution in [0.25, 0.3) is 16.1 Å². The zero-order chi connectivity index (χ0) is 24.2. The molecule has 0 radical (unpaired) electrons. The molecule has 9 heteroatoms. The fourth-order valence-corrected chi connectivity index (χ4v) is 4.68. The van der Waals surface area contributed by atoms with Gasteiger partial charge in [0.1, 0.15) is 10.8 Å². The number of aromatic nitrogens is 2. The van der Waals surface area contributed by atoms with Crippen molar-refractivity contribution in [1.82, 2.24) is 20.2 Å². The number of hydrogen-bond acceptors (Lipinski definition) is 5. The fraction of sp³-hybridized carbons (Fsp3) is 0.160. The van der Waals surface area contributed by atoms with Crippen LogP contribution in [0.3, 0.4) is 0 Å². The summed E-state index contributed by atoms with van der Waals surface area (Å²) in [5, 5.41) is 7.41. The number of amides is 1. The molecule has 0 aliphatic heterocycles. The van der Waals surface area contributed by atoms with Crippen molar-refractivity contribution < 1.29 is 9.18 Å². The molecule has 0 spiro atoms. The molecular weight excluding hydrogens is 475 g/mol. The summed E-state index contributed by atoms with van der Waals surface area (Å²) in [5.41, 5.74) is 1.96. The molecule has 0 saturated heterocycles. The lowest BCUT2D eigenvalue weighted by Crippen LogP contribution is -2.28. The van der Waals surface area contributed by atoms with Crippen LogP contribution < -0.4 is 16.2 Å². The molecule has 174 valence electrons. The SMILES string of the molecule is CNCc1ccc(Cl)cc1-c1cnc([C@@H](C)NC(=O)c2ccc(=O)n(-c3ccccc3F)c2)s1. The predicted molar refractivity (Wildman–Crippen MR) is 133 cm³/mol. The minimum atomic E-state index is -0.551. The maximum atomic E-state index is 14.2. The molecular formula is C25H22ClFN4O2S. The van der Waals surface area contributed by atoms with E-state index in [-0.39, 0.29) is 17.3 Å². The molecule has 2 aromatic heterocycles. The Bertz CT molecular complexity index is 1400. The Morgan fingerprint density at radius 3 is 2.76 bits per heavy atom. The molecule has 0 unspecified atom stereocenters. The van der Waals surface area contributed by atoms with Gasteiger partial charge in [-0.1, -0.05) is 29.8 Å². The number of halogens is 2. The average molecular weight is 497 g/mol. The summed E-state index contributed by atoms with van der Waals surface area (Å²) in [5.74, 6) is -0.947. The van der Waals surface area contributed by atoms with Gasteiger partial charge in [0.15, 0.2) is 0 Å². The second-order valence-electron chi connectivity index (χ2n) is 7.67. The first-order chi connectivity index (χ1) is 16.4. The molecule has 2 heterocycles. The number of carbonyl (C=O) groups excluding carboxylic acids is 1. The molecule has 2 aromatic carbocycles. The quantitative estimate of drug-likeness (QED) is 0.379. The molecule has 2 N–H and O–H groups in total. The normalized spacial score (nSPS) is 11.9. The zero-order valence-electron chi connectivity index (χ0n) is 18.5. The average Bonchev–Trinajstić information content (AvgIpc) is 3.31. The minimum absolute atomic E-state index is 0.0821. The van der Waals surface area contributed by atoms with E-state index in [0.717, 1.165) is 25.6 Å². The number of nitrogens with zero attached hydrogens (tertiary/aromatic N) is 2. The summed E-state index contributed by atoms with van der Waals surface area (Å²) in [4.78, 5) is 30.6. The Morgan fingerprint density at radius 2 is 2.00 bits per heavy atom. The number of thiazole rings is 1. The molecule has 4 aromatic rings. The maximum Gasteiger partial charge on any atom is 0.255 e.